The van der Waals surface area contributed by atoms with Gasteiger partial charge in [0.15, 0.2) is 5.76 Å². The average Bonchev–Trinajstić information content (AvgIpc) is 3.31. The fraction of sp³-hybridized carbons (Fsp3) is 0.192. The Morgan fingerprint density at radius 3 is 2.62 bits per heavy atom. The summed E-state index contributed by atoms with van der Waals surface area (Å²) in [6.07, 6.45) is 5.43. The molecule has 8 heteroatoms. The van der Waals surface area contributed by atoms with Gasteiger partial charge in [0.1, 0.15) is 6.54 Å². The molecule has 2 heterocycles. The quantitative estimate of drug-likeness (QED) is 0.377. The molecule has 1 saturated carbocycles. The van der Waals surface area contributed by atoms with E-state index in [2.05, 4.69) is 10.3 Å². The van der Waals surface area contributed by atoms with Gasteiger partial charge in [0.05, 0.1) is 12.0 Å². The van der Waals surface area contributed by atoms with Crippen LogP contribution in [0.4, 0.5) is 5.95 Å². The standard InChI is InChI=1S/C26H23ClN4O3/c27-20-8-4-9-21(14-20)31-16-22(19-6-2-1-3-7-19)28-26(31)29-24(32)17-30(15-18-11-12-18)25(33)23-10-5-13-34-23/h1-10,13-14,16,18H,11-12,15,17H2,(H,28,29,32). The largest absolute Gasteiger partial charge is 0.459 e. The van der Waals surface area contributed by atoms with Crippen LogP contribution >= 0.6 is 11.6 Å². The Bertz CT molecular complexity index is 1300. The van der Waals surface area contributed by atoms with Crippen LogP contribution < -0.4 is 5.32 Å². The summed E-state index contributed by atoms with van der Waals surface area (Å²) in [5.74, 6) is 0.359. The molecular formula is C26H23ClN4O3. The van der Waals surface area contributed by atoms with E-state index in [0.717, 1.165) is 24.1 Å². The molecule has 34 heavy (non-hydrogen) atoms. The Morgan fingerprint density at radius 1 is 1.09 bits per heavy atom. The molecule has 0 unspecified atom stereocenters. The van der Waals surface area contributed by atoms with Gasteiger partial charge >= 0.3 is 0 Å². The highest BCUT2D eigenvalue weighted by atomic mass is 35.5. The van der Waals surface area contributed by atoms with Gasteiger partial charge in [0, 0.05) is 29.0 Å². The lowest BCUT2D eigenvalue weighted by Crippen LogP contribution is -2.39. The van der Waals surface area contributed by atoms with Crippen molar-refractivity contribution in [1.82, 2.24) is 14.5 Å². The van der Waals surface area contributed by atoms with Crippen LogP contribution in [0.5, 0.6) is 0 Å². The zero-order chi connectivity index (χ0) is 23.5. The van der Waals surface area contributed by atoms with E-state index in [1.807, 2.05) is 48.7 Å². The molecule has 0 aliphatic heterocycles. The predicted molar refractivity (Wildman–Crippen MR) is 130 cm³/mol. The van der Waals surface area contributed by atoms with Gasteiger partial charge in [-0.05, 0) is 49.1 Å². The number of furan rings is 1. The van der Waals surface area contributed by atoms with E-state index in [9.17, 15) is 9.59 Å². The van der Waals surface area contributed by atoms with E-state index in [-0.39, 0.29) is 24.1 Å². The third-order valence-corrected chi connectivity index (χ3v) is 5.88. The summed E-state index contributed by atoms with van der Waals surface area (Å²) in [6.45, 7) is 0.421. The number of rotatable bonds is 8. The van der Waals surface area contributed by atoms with Gasteiger partial charge in [0.2, 0.25) is 11.9 Å². The van der Waals surface area contributed by atoms with Gasteiger partial charge in [0.25, 0.3) is 5.91 Å². The number of anilines is 1. The van der Waals surface area contributed by atoms with Crippen molar-refractivity contribution in [2.45, 2.75) is 12.8 Å². The van der Waals surface area contributed by atoms with Gasteiger partial charge < -0.3 is 9.32 Å². The summed E-state index contributed by atoms with van der Waals surface area (Å²) in [5.41, 5.74) is 2.39. The second-order valence-corrected chi connectivity index (χ2v) is 8.76. The highest BCUT2D eigenvalue weighted by Crippen LogP contribution is 2.30. The SMILES string of the molecule is O=C(CN(CC1CC1)C(=O)c1ccco1)Nc1nc(-c2ccccc2)cn1-c1cccc(Cl)c1. The molecule has 1 N–H and O–H groups in total. The molecule has 2 aromatic carbocycles. The van der Waals surface area contributed by atoms with Crippen molar-refractivity contribution in [2.24, 2.45) is 5.92 Å². The number of hydrogen-bond donors (Lipinski definition) is 1. The molecule has 7 nitrogen and oxygen atoms in total. The van der Waals surface area contributed by atoms with Crippen LogP contribution in [-0.4, -0.2) is 39.4 Å². The van der Waals surface area contributed by atoms with E-state index in [4.69, 9.17) is 16.0 Å². The smallest absolute Gasteiger partial charge is 0.290 e. The van der Waals surface area contributed by atoms with Crippen LogP contribution in [0.2, 0.25) is 5.02 Å². The number of hydrogen-bond acceptors (Lipinski definition) is 4. The van der Waals surface area contributed by atoms with Crippen molar-refractivity contribution in [3.8, 4) is 16.9 Å². The molecule has 1 aliphatic rings. The zero-order valence-corrected chi connectivity index (χ0v) is 19.1. The highest BCUT2D eigenvalue weighted by molar-refractivity contribution is 6.30. The first kappa shape index (κ1) is 22.0. The summed E-state index contributed by atoms with van der Waals surface area (Å²) in [7, 11) is 0. The monoisotopic (exact) mass is 474 g/mol. The molecular weight excluding hydrogens is 452 g/mol. The maximum Gasteiger partial charge on any atom is 0.290 e. The summed E-state index contributed by atoms with van der Waals surface area (Å²) in [6, 6.07) is 20.3. The summed E-state index contributed by atoms with van der Waals surface area (Å²) in [5, 5.41) is 3.46. The molecule has 172 valence electrons. The van der Waals surface area contributed by atoms with Crippen molar-refractivity contribution >= 4 is 29.4 Å². The van der Waals surface area contributed by atoms with E-state index in [0.29, 0.717) is 29.1 Å². The minimum Gasteiger partial charge on any atom is -0.459 e. The van der Waals surface area contributed by atoms with Gasteiger partial charge in [-0.25, -0.2) is 4.98 Å². The number of aromatic nitrogens is 2. The van der Waals surface area contributed by atoms with Crippen molar-refractivity contribution in [3.63, 3.8) is 0 Å². The van der Waals surface area contributed by atoms with Crippen molar-refractivity contribution in [3.05, 3.63) is 90.0 Å². The Kier molecular flexibility index (Phi) is 6.18. The average molecular weight is 475 g/mol. The van der Waals surface area contributed by atoms with Gasteiger partial charge in [-0.15, -0.1) is 0 Å². The number of nitrogens with zero attached hydrogens (tertiary/aromatic N) is 3. The molecule has 0 bridgehead atoms. The first-order valence-electron chi connectivity index (χ1n) is 11.1. The molecule has 0 radical (unpaired) electrons. The van der Waals surface area contributed by atoms with E-state index >= 15 is 0 Å². The molecule has 0 atom stereocenters. The summed E-state index contributed by atoms with van der Waals surface area (Å²) in [4.78, 5) is 32.2. The Balaban J connectivity index is 1.41. The van der Waals surface area contributed by atoms with E-state index < -0.39 is 0 Å². The first-order valence-corrected chi connectivity index (χ1v) is 11.5. The van der Waals surface area contributed by atoms with Gasteiger partial charge in [-0.3, -0.25) is 19.5 Å². The third-order valence-electron chi connectivity index (χ3n) is 5.64. The van der Waals surface area contributed by atoms with Crippen LogP contribution in [0.1, 0.15) is 23.4 Å². The molecule has 1 fully saturated rings. The van der Waals surface area contributed by atoms with Crippen LogP contribution in [0.3, 0.4) is 0 Å². The minimum atomic E-state index is -0.339. The Labute approximate surface area is 202 Å². The lowest BCUT2D eigenvalue weighted by molar-refractivity contribution is -0.117. The molecule has 2 aromatic heterocycles. The van der Waals surface area contributed by atoms with Crippen LogP contribution in [-0.2, 0) is 4.79 Å². The fourth-order valence-electron chi connectivity index (χ4n) is 3.76. The molecule has 2 amide bonds. The Morgan fingerprint density at radius 2 is 1.91 bits per heavy atom. The first-order chi connectivity index (χ1) is 16.6. The number of carbonyl (C=O) groups is 2. The molecule has 0 saturated heterocycles. The zero-order valence-electron chi connectivity index (χ0n) is 18.4. The highest BCUT2D eigenvalue weighted by Gasteiger charge is 2.30. The molecule has 5 rings (SSSR count). The number of benzene rings is 2. The minimum absolute atomic E-state index is 0.0981. The molecule has 1 aliphatic carbocycles. The summed E-state index contributed by atoms with van der Waals surface area (Å²) >= 11 is 6.21. The number of imidazole rings is 1. The van der Waals surface area contributed by atoms with Gasteiger partial charge in [-0.2, -0.15) is 0 Å². The molecule has 4 aromatic rings. The number of carbonyl (C=O) groups excluding carboxylic acids is 2. The fourth-order valence-corrected chi connectivity index (χ4v) is 3.95. The van der Waals surface area contributed by atoms with Crippen LogP contribution in [0.15, 0.2) is 83.6 Å². The maximum atomic E-state index is 13.1. The second-order valence-electron chi connectivity index (χ2n) is 8.32. The van der Waals surface area contributed by atoms with Crippen molar-refractivity contribution in [2.75, 3.05) is 18.4 Å². The van der Waals surface area contributed by atoms with Crippen LogP contribution in [0.25, 0.3) is 16.9 Å². The lowest BCUT2D eigenvalue weighted by atomic mass is 10.2. The lowest BCUT2D eigenvalue weighted by Gasteiger charge is -2.21. The summed E-state index contributed by atoms with van der Waals surface area (Å²) < 4.78 is 7.05. The third kappa shape index (κ3) is 5.05. The normalized spacial score (nSPS) is 13.0. The number of amides is 2. The number of halogens is 1. The van der Waals surface area contributed by atoms with E-state index in [1.54, 1.807) is 28.8 Å². The topological polar surface area (TPSA) is 80.4 Å². The van der Waals surface area contributed by atoms with E-state index in [1.165, 1.54) is 11.2 Å². The number of nitrogens with one attached hydrogen (secondary N) is 1. The maximum absolute atomic E-state index is 13.1. The molecule has 0 spiro atoms. The van der Waals surface area contributed by atoms with Crippen molar-refractivity contribution in [1.29, 1.82) is 0 Å². The van der Waals surface area contributed by atoms with Crippen molar-refractivity contribution < 1.29 is 14.0 Å². The van der Waals surface area contributed by atoms with Gasteiger partial charge in [-0.1, -0.05) is 48.0 Å². The second kappa shape index (κ2) is 9.57. The Hall–Kier alpha value is -3.84. The van der Waals surface area contributed by atoms with Crippen LogP contribution in [0, 0.1) is 5.92 Å². The predicted octanol–water partition coefficient (Wildman–Crippen LogP) is 5.28.